The molecule has 21 nitrogen and oxygen atoms in total. The van der Waals surface area contributed by atoms with Crippen LogP contribution in [0.15, 0.2) is 91.0 Å². The van der Waals surface area contributed by atoms with E-state index in [1.165, 1.54) is 167 Å². The molecule has 0 aromatic heterocycles. The molecule has 21 heteroatoms. The fourth-order valence-electron chi connectivity index (χ4n) is 16.9. The normalized spacial score (nSPS) is 20.0. The molecule has 738 valence electrons. The number of unbranched alkanes of at least 4 members (excludes halogenated alkanes) is 41. The largest absolute Gasteiger partial charge is 0.481 e. The molecule has 128 heavy (non-hydrogen) atoms. The van der Waals surface area contributed by atoms with Gasteiger partial charge in [0.1, 0.15) is 36.6 Å². The Bertz CT molecular complexity index is 3030. The minimum absolute atomic E-state index is 0.0467. The van der Waals surface area contributed by atoms with Gasteiger partial charge in [0.25, 0.3) is 0 Å². The van der Waals surface area contributed by atoms with E-state index in [1.807, 2.05) is 37.3 Å². The van der Waals surface area contributed by atoms with Crippen molar-refractivity contribution in [3.05, 3.63) is 108 Å². The molecule has 2 heterocycles. The van der Waals surface area contributed by atoms with Crippen molar-refractivity contribution in [2.45, 2.75) is 495 Å². The molecule has 4 unspecified atom stereocenters. The molecule has 0 bridgehead atoms. The molecule has 0 saturated carbocycles. The highest BCUT2D eigenvalue weighted by Gasteiger charge is 2.45. The lowest BCUT2D eigenvalue weighted by Gasteiger charge is -2.44. The second-order valence-corrected chi connectivity index (χ2v) is 37.2. The number of ether oxygens (including phenoxy) is 7. The molecular formula is C107H187N3O18. The highest BCUT2D eigenvalue weighted by molar-refractivity contribution is 5.77. The van der Waals surface area contributed by atoms with E-state index in [-0.39, 0.29) is 55.5 Å². The quantitative estimate of drug-likeness (QED) is 0.0235. The van der Waals surface area contributed by atoms with E-state index in [0.29, 0.717) is 70.4 Å². The van der Waals surface area contributed by atoms with Crippen LogP contribution < -0.4 is 16.0 Å². The van der Waals surface area contributed by atoms with Crippen LogP contribution in [0.2, 0.25) is 0 Å². The van der Waals surface area contributed by atoms with E-state index in [2.05, 4.69) is 125 Å². The number of amides is 3. The van der Waals surface area contributed by atoms with Crippen molar-refractivity contribution in [3.8, 4) is 0 Å². The maximum Gasteiger partial charge on any atom is 0.303 e. The highest BCUT2D eigenvalue weighted by atomic mass is 16.7. The zero-order chi connectivity index (χ0) is 93.1. The molecule has 0 radical (unpaired) electrons. The third-order valence-corrected chi connectivity index (χ3v) is 25.8. The summed E-state index contributed by atoms with van der Waals surface area (Å²) in [6.07, 6.45) is 46.8. The van der Waals surface area contributed by atoms with E-state index < -0.39 is 80.0 Å². The van der Waals surface area contributed by atoms with E-state index in [9.17, 15) is 49.8 Å². The van der Waals surface area contributed by atoms with Crippen molar-refractivity contribution in [1.82, 2.24) is 16.0 Å². The first-order chi connectivity index (χ1) is 62.3. The van der Waals surface area contributed by atoms with Crippen LogP contribution in [-0.2, 0) is 72.2 Å². The van der Waals surface area contributed by atoms with Gasteiger partial charge in [0.05, 0.1) is 76.6 Å². The van der Waals surface area contributed by atoms with Gasteiger partial charge in [0.2, 0.25) is 17.7 Å². The average molecular weight is 1800 g/mol. The number of aliphatic carboxylic acids is 1. The SMILES string of the molecule is CCCCC(=O)O.CCCCCCCCCCCCCC[C@@H](O)[C@@H](O)[C@H](CO[C@H]1OC(CO)[C@H](O)[C@H](O)C1O)NC(=O)CCCCCCCCCCCNC(=O)CCCC.CCCCCCCCCCCCCC[C@@H](OCc1ccccc1)[C@@H](OCc1ccccc1)[C@H](CO[C@H]1OC(COCc2ccccc2)[C@H](C)[C@H](C)C1C)NC(=O)CCCCCCCCCCCC. The molecule has 3 amide bonds. The van der Waals surface area contributed by atoms with Crippen molar-refractivity contribution < 1.29 is 88.1 Å². The minimum atomic E-state index is -1.62. The summed E-state index contributed by atoms with van der Waals surface area (Å²) in [5, 5.41) is 79.5. The van der Waals surface area contributed by atoms with Crippen molar-refractivity contribution in [1.29, 1.82) is 0 Å². The lowest BCUT2D eigenvalue weighted by atomic mass is 9.79. The lowest BCUT2D eigenvalue weighted by molar-refractivity contribution is -0.303. The average Bonchev–Trinajstić information content (AvgIpc) is 0.814. The second-order valence-electron chi connectivity index (χ2n) is 37.2. The molecule has 3 aromatic carbocycles. The van der Waals surface area contributed by atoms with E-state index >= 15 is 0 Å². The topological polar surface area (TPSA) is 311 Å². The number of benzene rings is 3. The van der Waals surface area contributed by atoms with Crippen LogP contribution in [0.4, 0.5) is 0 Å². The number of carbonyl (C=O) groups excluding carboxylic acids is 3. The van der Waals surface area contributed by atoms with Gasteiger partial charge in [-0.3, -0.25) is 19.2 Å². The molecule has 16 atom stereocenters. The summed E-state index contributed by atoms with van der Waals surface area (Å²) in [6, 6.07) is 29.7. The smallest absolute Gasteiger partial charge is 0.303 e. The number of carboxylic acid groups (broad SMARTS) is 1. The summed E-state index contributed by atoms with van der Waals surface area (Å²) >= 11 is 0. The number of hydrogen-bond acceptors (Lipinski definition) is 17. The molecule has 2 aliphatic heterocycles. The molecular weight excluding hydrogens is 1620 g/mol. The monoisotopic (exact) mass is 1800 g/mol. The van der Waals surface area contributed by atoms with Crippen molar-refractivity contribution in [3.63, 3.8) is 0 Å². The summed E-state index contributed by atoms with van der Waals surface area (Å²) < 4.78 is 45.1. The van der Waals surface area contributed by atoms with Crippen molar-refractivity contribution in [2.24, 2.45) is 17.8 Å². The maximum atomic E-state index is 14.1. The summed E-state index contributed by atoms with van der Waals surface area (Å²) in [4.78, 5) is 48.5. The molecule has 3 aromatic rings. The number of aliphatic hydroxyl groups is 6. The van der Waals surface area contributed by atoms with E-state index in [4.69, 9.17) is 38.3 Å². The highest BCUT2D eigenvalue weighted by Crippen LogP contribution is 2.37. The van der Waals surface area contributed by atoms with Crippen LogP contribution in [0, 0.1) is 17.8 Å². The Kier molecular flexibility index (Phi) is 72.7. The molecule has 10 N–H and O–H groups in total. The molecule has 5 rings (SSSR count). The van der Waals surface area contributed by atoms with Gasteiger partial charge in [-0.05, 0) is 73.5 Å². The predicted octanol–water partition coefficient (Wildman–Crippen LogP) is 22.5. The van der Waals surface area contributed by atoms with Crippen LogP contribution >= 0.6 is 0 Å². The van der Waals surface area contributed by atoms with Crippen LogP contribution in [0.3, 0.4) is 0 Å². The van der Waals surface area contributed by atoms with Gasteiger partial charge in [-0.25, -0.2) is 0 Å². The first-order valence-corrected chi connectivity index (χ1v) is 51.9. The predicted molar refractivity (Wildman–Crippen MR) is 518 cm³/mol. The number of rotatable bonds is 78. The maximum absolute atomic E-state index is 14.1. The Hall–Kier alpha value is -4.98. The Morgan fingerprint density at radius 1 is 0.375 bits per heavy atom. The van der Waals surface area contributed by atoms with Gasteiger partial charge in [0.15, 0.2) is 12.6 Å². The van der Waals surface area contributed by atoms with Crippen LogP contribution in [0.1, 0.15) is 412 Å². The Labute approximate surface area is 777 Å². The number of nitrogens with one attached hydrogen (secondary N) is 3. The summed E-state index contributed by atoms with van der Waals surface area (Å²) in [7, 11) is 0. The summed E-state index contributed by atoms with van der Waals surface area (Å²) in [6.45, 7) is 19.6. The molecule has 0 aliphatic carbocycles. The molecule has 0 spiro atoms. The van der Waals surface area contributed by atoms with Gasteiger partial charge < -0.3 is 84.9 Å². The van der Waals surface area contributed by atoms with Crippen molar-refractivity contribution >= 4 is 23.7 Å². The van der Waals surface area contributed by atoms with Gasteiger partial charge in [-0.1, -0.05) is 416 Å². The Morgan fingerprint density at radius 2 is 0.742 bits per heavy atom. The van der Waals surface area contributed by atoms with Crippen LogP contribution in [-0.4, -0.2) is 172 Å². The number of carbonyl (C=O) groups is 4. The van der Waals surface area contributed by atoms with Gasteiger partial charge in [-0.15, -0.1) is 0 Å². The van der Waals surface area contributed by atoms with Gasteiger partial charge in [-0.2, -0.15) is 0 Å². The fraction of sp³-hybridized carbons (Fsp3) is 0.794. The van der Waals surface area contributed by atoms with Gasteiger partial charge >= 0.3 is 5.97 Å². The molecule has 2 saturated heterocycles. The number of aliphatic hydroxyl groups excluding tert-OH is 6. The second kappa shape index (κ2) is 79.4. The van der Waals surface area contributed by atoms with Gasteiger partial charge in [0, 0.05) is 38.1 Å². The summed E-state index contributed by atoms with van der Waals surface area (Å²) in [5.74, 6) is 0.00868. The Morgan fingerprint density at radius 3 is 1.18 bits per heavy atom. The zero-order valence-corrected chi connectivity index (χ0v) is 81.7. The van der Waals surface area contributed by atoms with Crippen molar-refractivity contribution in [2.75, 3.05) is 33.0 Å². The fourth-order valence-corrected chi connectivity index (χ4v) is 16.9. The zero-order valence-electron chi connectivity index (χ0n) is 81.7. The third-order valence-electron chi connectivity index (χ3n) is 25.8. The molecule has 2 fully saturated rings. The standard InChI is InChI=1S/C61H97NO6.C41H80N2O10.C5H10O2/c1-6-8-10-12-14-16-18-19-20-22-24-35-43-57(65-46-54-39-31-27-32-40-54)60(66-47-55-41-33-28-34-42-55)56(62-59(63)44-36-25-23-21-17-15-13-11-9-7-2)48-67-61-52(5)50(3)51(4)58(68-61)49-64-45-53-37-29-26-30-38-53;1-3-5-7-8-9-10-11-12-14-17-20-23-26-33(45)37(48)32(31-52-41-40(51)39(50)38(49)34(30-44)53-41)43-36(47)28-24-21-18-15-13-16-19-22-25-29-42-35(46)27-6-4-2;1-2-3-4-5(6)7/h26-34,37-42,50-52,56-58,60-61H,6-25,35-36,43-49H2,1-5H3,(H,62,63);32-34,37-41,44-45,48-51H,3-31H2,1-2H3,(H,42,46)(H,43,47);2-4H2,1H3,(H,6,7)/t50-,51+,52?,56-,57+,58?,60-,61-;32-,33+,34?,37-,38-,39-,40?,41-;/m00./s1. The van der Waals surface area contributed by atoms with Crippen LogP contribution in [0.25, 0.3) is 0 Å². The Balaban J connectivity index is 0.000000630. The first-order valence-electron chi connectivity index (χ1n) is 51.9. The van der Waals surface area contributed by atoms with Crippen LogP contribution in [0.5, 0.6) is 0 Å². The van der Waals surface area contributed by atoms with E-state index in [0.717, 1.165) is 158 Å². The lowest BCUT2D eigenvalue weighted by Crippen LogP contribution is -2.60. The number of carboxylic acids is 1. The molecule has 2 aliphatic rings. The van der Waals surface area contributed by atoms with E-state index in [1.54, 1.807) is 0 Å². The minimum Gasteiger partial charge on any atom is -0.481 e. The number of hydrogen-bond donors (Lipinski definition) is 10. The summed E-state index contributed by atoms with van der Waals surface area (Å²) in [5.41, 5.74) is 3.36. The third kappa shape index (κ3) is 57.6. The first kappa shape index (κ1) is 117.